The van der Waals surface area contributed by atoms with Crippen LogP contribution in [0.3, 0.4) is 0 Å². The van der Waals surface area contributed by atoms with Crippen LogP contribution in [0.4, 0.5) is 0 Å². The molecule has 7 nitrogen and oxygen atoms in total. The molecule has 4 N–H and O–H groups in total. The molecule has 0 bridgehead atoms. The molecule has 0 aliphatic rings. The van der Waals surface area contributed by atoms with Gasteiger partial charge in [-0.1, -0.05) is 0 Å². The van der Waals surface area contributed by atoms with Gasteiger partial charge >= 0.3 is 66.7 Å². The third-order valence-corrected chi connectivity index (χ3v) is 0. The van der Waals surface area contributed by atoms with Crippen LogP contribution in [0.25, 0.3) is 0 Å². The minimum atomic E-state index is -4.67. The molecule has 0 aliphatic carbocycles. The Balaban J connectivity index is -0.0000000910. The van der Waals surface area contributed by atoms with Crippen LogP contribution >= 0.6 is 0 Å². The Kier molecular flexibility index (Phi) is 14.2. The summed E-state index contributed by atoms with van der Waals surface area (Å²) in [4.78, 5) is 0. The average molecular weight is 251 g/mol. The van der Waals surface area contributed by atoms with Crippen molar-refractivity contribution in [3.05, 3.63) is 0 Å². The summed E-state index contributed by atoms with van der Waals surface area (Å²) in [6.45, 7) is 0. The van der Waals surface area contributed by atoms with Crippen LogP contribution in [0, 0.1) is 0 Å². The van der Waals surface area contributed by atoms with Crippen LogP contribution in [0.1, 0.15) is 0 Å². The molecular weight excluding hydrogens is 246 g/mol. The van der Waals surface area contributed by atoms with E-state index in [1.165, 1.54) is 0 Å². The molecule has 0 amide bonds. The van der Waals surface area contributed by atoms with Crippen LogP contribution in [0.5, 0.6) is 0 Å². The van der Waals surface area contributed by atoms with Crippen molar-refractivity contribution in [3.63, 3.8) is 0 Å². The van der Waals surface area contributed by atoms with E-state index in [0.717, 1.165) is 0 Å². The molecule has 0 atom stereocenters. The number of rotatable bonds is 0. The number of hydrogen-bond acceptors (Lipinski definition) is 3. The van der Waals surface area contributed by atoms with Crippen LogP contribution in [0.2, 0.25) is 0 Å². The standard InChI is InChI=1S/Na.H2O4S.H2O3Se.H/c;1-5(2,3)4;1-4(2)3;/h;(H2,1,2,3,4);(H2,1,2,3);. The summed E-state index contributed by atoms with van der Waals surface area (Å²) >= 11 is -3.29. The summed E-state index contributed by atoms with van der Waals surface area (Å²) in [6.07, 6.45) is 0. The first-order valence-electron chi connectivity index (χ1n) is 1.23. The fourth-order valence-corrected chi connectivity index (χ4v) is 0. The molecule has 0 aliphatic heterocycles. The van der Waals surface area contributed by atoms with E-state index >= 15 is 0 Å². The fourth-order valence-electron chi connectivity index (χ4n) is 0. The van der Waals surface area contributed by atoms with Crippen molar-refractivity contribution >= 4 is 54.4 Å². The Morgan fingerprint density at radius 3 is 1.10 bits per heavy atom. The van der Waals surface area contributed by atoms with Gasteiger partial charge in [-0.25, -0.2) is 0 Å². The Labute approximate surface area is 83.7 Å². The minimum absolute atomic E-state index is 0. The van der Waals surface area contributed by atoms with Gasteiger partial charge in [0.1, 0.15) is 0 Å². The fraction of sp³-hybridized carbons (Fsp3) is 0. The first-order chi connectivity index (χ1) is 3.73. The molecule has 0 unspecified atom stereocenters. The van der Waals surface area contributed by atoms with Crippen molar-refractivity contribution in [3.8, 4) is 0 Å². The van der Waals surface area contributed by atoms with Crippen molar-refractivity contribution < 1.29 is 29.7 Å². The van der Waals surface area contributed by atoms with Gasteiger partial charge in [0.2, 0.25) is 0 Å². The molecule has 0 heterocycles. The van der Waals surface area contributed by atoms with Crippen molar-refractivity contribution in [2.45, 2.75) is 0 Å². The van der Waals surface area contributed by atoms with E-state index in [9.17, 15) is 0 Å². The van der Waals surface area contributed by atoms with E-state index < -0.39 is 24.9 Å². The van der Waals surface area contributed by atoms with Crippen molar-refractivity contribution in [1.82, 2.24) is 0 Å². The molecule has 10 heavy (non-hydrogen) atoms. The summed E-state index contributed by atoms with van der Waals surface area (Å²) in [7, 11) is -4.67. The maximum absolute atomic E-state index is 8.76. The molecule has 10 heteroatoms. The van der Waals surface area contributed by atoms with E-state index in [0.29, 0.717) is 0 Å². The predicted octanol–water partition coefficient (Wildman–Crippen LogP) is -2.91. The Hall–Kier alpha value is 1.11. The predicted molar refractivity (Wildman–Crippen MR) is 32.2 cm³/mol. The summed E-state index contributed by atoms with van der Waals surface area (Å²) < 4.78 is 54.7. The monoisotopic (exact) mass is 252 g/mol. The van der Waals surface area contributed by atoms with Gasteiger partial charge in [0.15, 0.2) is 0 Å². The Bertz CT molecular complexity index is 156. The first-order valence-corrected chi connectivity index (χ1v) is 4.86. The van der Waals surface area contributed by atoms with Gasteiger partial charge in [0.25, 0.3) is 0 Å². The van der Waals surface area contributed by atoms with Gasteiger partial charge in [-0.15, -0.1) is 0 Å². The molecule has 0 aromatic rings. The van der Waals surface area contributed by atoms with Crippen LogP contribution < -0.4 is 0 Å². The maximum atomic E-state index is 8.76. The zero-order chi connectivity index (χ0) is 8.08. The van der Waals surface area contributed by atoms with E-state index in [2.05, 4.69) is 0 Å². The van der Waals surface area contributed by atoms with Crippen LogP contribution in [0.15, 0.2) is 0 Å². The van der Waals surface area contributed by atoms with Gasteiger partial charge in [-0.2, -0.15) is 8.42 Å². The van der Waals surface area contributed by atoms with Crippen molar-refractivity contribution in [2.24, 2.45) is 0 Å². The first kappa shape index (κ1) is 17.3. The third kappa shape index (κ3) is 487. The molecule has 0 fully saturated rings. The molecule has 0 saturated heterocycles. The molecule has 0 saturated carbocycles. The van der Waals surface area contributed by atoms with Gasteiger partial charge in [0.05, 0.1) is 0 Å². The Morgan fingerprint density at radius 1 is 1.10 bits per heavy atom. The van der Waals surface area contributed by atoms with Crippen LogP contribution in [-0.2, 0) is 14.2 Å². The second-order valence-corrected chi connectivity index (χ2v) is 2.54. The zero-order valence-electron chi connectivity index (χ0n) is 3.83. The van der Waals surface area contributed by atoms with E-state index in [4.69, 9.17) is 29.7 Å². The summed E-state index contributed by atoms with van der Waals surface area (Å²) in [5, 5.41) is 0. The van der Waals surface area contributed by atoms with E-state index in [1.807, 2.05) is 0 Å². The molecule has 0 aromatic heterocycles. The van der Waals surface area contributed by atoms with Crippen molar-refractivity contribution in [2.75, 3.05) is 0 Å². The normalized spacial score (nSPS) is 9.30. The van der Waals surface area contributed by atoms with Gasteiger partial charge in [-0.3, -0.25) is 9.11 Å². The summed E-state index contributed by atoms with van der Waals surface area (Å²) in [5.41, 5.74) is 0. The third-order valence-electron chi connectivity index (χ3n) is 0. The van der Waals surface area contributed by atoms with E-state index in [1.54, 1.807) is 0 Å². The van der Waals surface area contributed by atoms with Crippen LogP contribution in [-0.4, -0.2) is 70.0 Å². The Morgan fingerprint density at radius 2 is 1.10 bits per heavy atom. The molecule has 0 rings (SSSR count). The van der Waals surface area contributed by atoms with E-state index in [-0.39, 0.29) is 29.6 Å². The number of hydrogen-bond donors (Lipinski definition) is 4. The molecular formula is H5NaO7SSe. The topological polar surface area (TPSA) is 132 Å². The van der Waals surface area contributed by atoms with Gasteiger partial charge in [-0.05, 0) is 0 Å². The van der Waals surface area contributed by atoms with Crippen molar-refractivity contribution in [1.29, 1.82) is 0 Å². The quantitative estimate of drug-likeness (QED) is 0.268. The molecule has 60 valence electrons. The SMILES string of the molecule is O=S(=O)(O)O.O=[Se](O)O.[NaH]. The van der Waals surface area contributed by atoms with Gasteiger partial charge in [0, 0.05) is 0 Å². The summed E-state index contributed by atoms with van der Waals surface area (Å²) in [6, 6.07) is 0. The molecule has 0 aromatic carbocycles. The average Bonchev–Trinajstić information content (AvgIpc) is 1.19. The molecule has 0 radical (unpaired) electrons. The summed E-state index contributed by atoms with van der Waals surface area (Å²) in [5.74, 6) is 0. The second kappa shape index (κ2) is 8.21. The molecule has 0 spiro atoms. The zero-order valence-corrected chi connectivity index (χ0v) is 6.36. The van der Waals surface area contributed by atoms with Gasteiger partial charge < -0.3 is 0 Å². The second-order valence-electron chi connectivity index (χ2n) is 0.679.